The van der Waals surface area contributed by atoms with Crippen molar-refractivity contribution >= 4 is 64.3 Å². The quantitative estimate of drug-likeness (QED) is 0.0800. The molecule has 1 aromatic heterocycles. The van der Waals surface area contributed by atoms with E-state index in [1.807, 2.05) is 64.1 Å². The fourth-order valence-electron chi connectivity index (χ4n) is 7.15. The van der Waals surface area contributed by atoms with Gasteiger partial charge < -0.3 is 23.7 Å². The zero-order valence-corrected chi connectivity index (χ0v) is 40.8. The van der Waals surface area contributed by atoms with Crippen LogP contribution in [0, 0.1) is 6.92 Å². The maximum Gasteiger partial charge on any atom is 0.338 e. The number of thioether (sulfide) groups is 1. The molecule has 1 aliphatic heterocycles. The molecule has 5 atom stereocenters. The number of aromatic nitrogens is 2. The van der Waals surface area contributed by atoms with Crippen molar-refractivity contribution in [3.63, 3.8) is 0 Å². The number of aryl methyl sites for hydroxylation is 1. The number of rotatable bonds is 13. The third kappa shape index (κ3) is 12.5. The second-order valence-electron chi connectivity index (χ2n) is 16.9. The first kappa shape index (κ1) is 49.3. The van der Waals surface area contributed by atoms with Crippen LogP contribution in [0.5, 0.6) is 0 Å². The Morgan fingerprint density at radius 3 is 1.63 bits per heavy atom. The first-order chi connectivity index (χ1) is 33.8. The molecule has 7 aromatic rings. The summed E-state index contributed by atoms with van der Waals surface area (Å²) in [5, 5.41) is 0.584. The molecule has 0 N–H and O–H groups in total. The summed E-state index contributed by atoms with van der Waals surface area (Å²) in [5.74, 6) is -3.14. The predicted octanol–water partition coefficient (Wildman–Crippen LogP) is 10.2. The minimum atomic E-state index is -1.60. The van der Waals surface area contributed by atoms with E-state index in [1.54, 1.807) is 138 Å². The Balaban J connectivity index is 1.34. The van der Waals surface area contributed by atoms with E-state index in [0.29, 0.717) is 26.0 Å². The lowest BCUT2D eigenvalue weighted by Gasteiger charge is -2.44. The zero-order valence-electron chi connectivity index (χ0n) is 38.4. The SMILES string of the molecule is Cc1ccc(N=c2nc(SC3O[C@H](COC(=O)c4ccccc4)[C@@H](OC(=O)c4ccccc4)[C@H](OC(=O)c4ccccc4)[C@H]3OC(=O)c3ccccc3)n(-c3ccccc3Cl)c(=NC(C)(C)C)s2)cc1. The van der Waals surface area contributed by atoms with E-state index in [-0.39, 0.29) is 27.4 Å². The molecule has 6 aromatic carbocycles. The molecule has 1 unspecified atom stereocenters. The second kappa shape index (κ2) is 22.5. The Hall–Kier alpha value is -7.17. The highest BCUT2D eigenvalue weighted by Gasteiger charge is 2.54. The number of nitrogens with zero attached hydrogens (tertiary/aromatic N) is 4. The molecule has 0 spiro atoms. The lowest BCUT2D eigenvalue weighted by Crippen LogP contribution is -2.62. The summed E-state index contributed by atoms with van der Waals surface area (Å²) in [6, 6.07) is 47.7. The van der Waals surface area contributed by atoms with Crippen molar-refractivity contribution in [1.29, 1.82) is 0 Å². The summed E-state index contributed by atoms with van der Waals surface area (Å²) >= 11 is 9.21. The molecule has 0 aliphatic carbocycles. The van der Waals surface area contributed by atoms with Gasteiger partial charge in [0.15, 0.2) is 33.7 Å². The minimum Gasteiger partial charge on any atom is -0.459 e. The maximum atomic E-state index is 14.4. The number of hydrogen-bond acceptors (Lipinski definition) is 14. The Bertz CT molecular complexity index is 3100. The van der Waals surface area contributed by atoms with E-state index in [0.717, 1.165) is 17.3 Å². The molecule has 0 saturated carbocycles. The average Bonchev–Trinajstić information content (AvgIpc) is 3.36. The van der Waals surface area contributed by atoms with Crippen molar-refractivity contribution in [3.05, 3.63) is 212 Å². The minimum absolute atomic E-state index is 0.157. The van der Waals surface area contributed by atoms with Crippen LogP contribution in [0.4, 0.5) is 5.69 Å². The van der Waals surface area contributed by atoms with E-state index < -0.39 is 65.9 Å². The molecule has 13 nitrogen and oxygen atoms in total. The fourth-order valence-corrected chi connectivity index (χ4v) is 9.70. The highest BCUT2D eigenvalue weighted by atomic mass is 35.5. The van der Waals surface area contributed by atoms with Crippen molar-refractivity contribution in [2.45, 2.75) is 68.2 Å². The normalized spacial score (nSPS) is 18.4. The number of halogens is 1. The summed E-state index contributed by atoms with van der Waals surface area (Å²) in [5.41, 5.74) is 0.948. The van der Waals surface area contributed by atoms with E-state index >= 15 is 0 Å². The molecule has 8 rings (SSSR count). The molecule has 16 heteroatoms. The van der Waals surface area contributed by atoms with Crippen molar-refractivity contribution < 1.29 is 42.9 Å². The summed E-state index contributed by atoms with van der Waals surface area (Å²) in [6.07, 6.45) is -6.05. The number of esters is 4. The molecule has 356 valence electrons. The van der Waals surface area contributed by atoms with Crippen molar-refractivity contribution in [2.75, 3.05) is 6.61 Å². The third-order valence-electron chi connectivity index (χ3n) is 10.5. The van der Waals surface area contributed by atoms with E-state index in [2.05, 4.69) is 0 Å². The van der Waals surface area contributed by atoms with Crippen LogP contribution in [0.2, 0.25) is 5.02 Å². The number of carbonyl (C=O) groups excluding carboxylic acids is 4. The summed E-state index contributed by atoms with van der Waals surface area (Å²) in [4.78, 5) is 72.4. The van der Waals surface area contributed by atoms with Crippen LogP contribution in [0.1, 0.15) is 67.8 Å². The van der Waals surface area contributed by atoms with Gasteiger partial charge in [-0.25, -0.2) is 24.2 Å². The van der Waals surface area contributed by atoms with Crippen LogP contribution >= 0.6 is 34.7 Å². The van der Waals surface area contributed by atoms with Gasteiger partial charge in [0.25, 0.3) is 0 Å². The highest BCUT2D eigenvalue weighted by molar-refractivity contribution is 7.99. The Morgan fingerprint density at radius 2 is 1.11 bits per heavy atom. The largest absolute Gasteiger partial charge is 0.459 e. The summed E-state index contributed by atoms with van der Waals surface area (Å²) < 4.78 is 33.7. The van der Waals surface area contributed by atoms with E-state index in [1.165, 1.54) is 11.3 Å². The molecule has 0 bridgehead atoms. The Labute approximate surface area is 417 Å². The standard InChI is InChI=1S/C54H47ClN4O9S2/c1-34-29-31-39(32-30-34)56-51-57-52(59(41-28-18-17-27-40(41)55)53(70-51)58-54(2,3)4)69-50-45(68-49(63)38-25-15-8-16-26-38)44(67-48(62)37-23-13-7-14-24-37)43(66-47(61)36-21-11-6-12-22-36)42(65-50)33-64-46(60)35-19-9-5-10-20-35/h5-32,42-45,50H,33H2,1-4H3/t42-,43-,44+,45-,50?/m1/s1. The lowest BCUT2D eigenvalue weighted by molar-refractivity contribution is -0.207. The van der Waals surface area contributed by atoms with E-state index in [9.17, 15) is 19.2 Å². The third-order valence-corrected chi connectivity index (χ3v) is 12.7. The number of hydrogen-bond donors (Lipinski definition) is 0. The van der Waals surface area contributed by atoms with Crippen molar-refractivity contribution in [2.24, 2.45) is 9.98 Å². The molecule has 70 heavy (non-hydrogen) atoms. The van der Waals surface area contributed by atoms with Crippen LogP contribution < -0.4 is 9.60 Å². The number of carbonyl (C=O) groups is 4. The lowest BCUT2D eigenvalue weighted by atomic mass is 9.98. The van der Waals surface area contributed by atoms with Gasteiger partial charge in [0.1, 0.15) is 12.7 Å². The zero-order chi connectivity index (χ0) is 49.2. The van der Waals surface area contributed by atoms with E-state index in [4.69, 9.17) is 50.3 Å². The van der Waals surface area contributed by atoms with Crippen LogP contribution in [-0.2, 0) is 23.7 Å². The monoisotopic (exact) mass is 994 g/mol. The molecule has 1 fully saturated rings. The van der Waals surface area contributed by atoms with Gasteiger partial charge in [0, 0.05) is 0 Å². The molecule has 0 radical (unpaired) electrons. The number of ether oxygens (including phenoxy) is 5. The van der Waals surface area contributed by atoms with Gasteiger partial charge in [-0.3, -0.25) is 9.56 Å². The fraction of sp³-hybridized carbons (Fsp3) is 0.204. The molecule has 1 saturated heterocycles. The molecule has 0 amide bonds. The topological polar surface area (TPSA) is 157 Å². The smallest absolute Gasteiger partial charge is 0.338 e. The summed E-state index contributed by atoms with van der Waals surface area (Å²) in [6.45, 7) is 7.33. The van der Waals surface area contributed by atoms with Crippen LogP contribution in [-0.4, -0.2) is 75.4 Å². The van der Waals surface area contributed by atoms with Gasteiger partial charge in [-0.05, 0) is 100 Å². The van der Waals surface area contributed by atoms with Gasteiger partial charge in [0.2, 0.25) is 4.80 Å². The average molecular weight is 996 g/mol. The van der Waals surface area contributed by atoms with Crippen LogP contribution in [0.15, 0.2) is 185 Å². The first-order valence-electron chi connectivity index (χ1n) is 22.2. The maximum absolute atomic E-state index is 14.4. The highest BCUT2D eigenvalue weighted by Crippen LogP contribution is 2.39. The summed E-state index contributed by atoms with van der Waals surface area (Å²) in [7, 11) is 0. The van der Waals surface area contributed by atoms with Gasteiger partial charge in [0.05, 0.1) is 44.2 Å². The van der Waals surface area contributed by atoms with Gasteiger partial charge in [-0.2, -0.15) is 4.98 Å². The molecule has 2 heterocycles. The van der Waals surface area contributed by atoms with Gasteiger partial charge >= 0.3 is 23.9 Å². The number of para-hydroxylation sites is 1. The van der Waals surface area contributed by atoms with Crippen LogP contribution in [0.25, 0.3) is 5.69 Å². The van der Waals surface area contributed by atoms with Crippen LogP contribution in [0.3, 0.4) is 0 Å². The second-order valence-corrected chi connectivity index (χ2v) is 19.3. The molecular formula is C54H47ClN4O9S2. The van der Waals surface area contributed by atoms with Gasteiger partial charge in [-0.15, -0.1) is 0 Å². The van der Waals surface area contributed by atoms with Gasteiger partial charge in [-0.1, -0.05) is 137 Å². The number of benzene rings is 6. The Morgan fingerprint density at radius 1 is 0.643 bits per heavy atom. The molecule has 1 aliphatic rings. The first-order valence-corrected chi connectivity index (χ1v) is 24.3. The Kier molecular flexibility index (Phi) is 15.8. The van der Waals surface area contributed by atoms with Crippen molar-refractivity contribution in [1.82, 2.24) is 9.55 Å². The predicted molar refractivity (Wildman–Crippen MR) is 266 cm³/mol. The molecular weight excluding hydrogens is 948 g/mol. The van der Waals surface area contributed by atoms with Crippen molar-refractivity contribution in [3.8, 4) is 5.69 Å².